The van der Waals surface area contributed by atoms with Gasteiger partial charge in [0.1, 0.15) is 0 Å². The molecule has 0 saturated heterocycles. The average Bonchev–Trinajstić information content (AvgIpc) is 2.97. The van der Waals surface area contributed by atoms with Gasteiger partial charge in [0.05, 0.1) is 6.10 Å². The summed E-state index contributed by atoms with van der Waals surface area (Å²) in [4.78, 5) is 12.0. The highest BCUT2D eigenvalue weighted by atomic mass is 16.3. The Balaban J connectivity index is 1.85. The quantitative estimate of drug-likeness (QED) is 0.809. The van der Waals surface area contributed by atoms with Crippen molar-refractivity contribution in [1.82, 2.24) is 5.32 Å². The van der Waals surface area contributed by atoms with Gasteiger partial charge in [-0.25, -0.2) is 0 Å². The lowest BCUT2D eigenvalue weighted by molar-refractivity contribution is -0.122. The van der Waals surface area contributed by atoms with Crippen molar-refractivity contribution in [2.45, 2.75) is 57.5 Å². The van der Waals surface area contributed by atoms with Gasteiger partial charge < -0.3 is 10.4 Å². The first-order valence-corrected chi connectivity index (χ1v) is 8.15. The normalized spacial score (nSPS) is 18.4. The number of hydrogen-bond donors (Lipinski definition) is 2. The zero-order valence-electron chi connectivity index (χ0n) is 12.9. The topological polar surface area (TPSA) is 49.3 Å². The van der Waals surface area contributed by atoms with Crippen LogP contribution in [0.5, 0.6) is 0 Å². The molecule has 3 heteroatoms. The minimum absolute atomic E-state index is 0.161. The highest BCUT2D eigenvalue weighted by Gasteiger charge is 2.20. The summed E-state index contributed by atoms with van der Waals surface area (Å²) in [5, 5.41) is 12.7. The average molecular weight is 289 g/mol. The second-order valence-corrected chi connectivity index (χ2v) is 6.35. The van der Waals surface area contributed by atoms with E-state index >= 15 is 0 Å². The van der Waals surface area contributed by atoms with E-state index in [0.29, 0.717) is 25.3 Å². The summed E-state index contributed by atoms with van der Waals surface area (Å²) in [5.74, 6) is 0.920. The summed E-state index contributed by atoms with van der Waals surface area (Å²) in [6.07, 6.45) is 5.91. The SMILES string of the molecule is CC(O)CC(CNC(=O)CC1CCCC1)c1ccccc1. The molecule has 1 amide bonds. The first-order valence-electron chi connectivity index (χ1n) is 8.15. The number of carbonyl (C=O) groups excluding carboxylic acids is 1. The van der Waals surface area contributed by atoms with Crippen LogP contribution in [0.15, 0.2) is 30.3 Å². The Kier molecular flexibility index (Phi) is 6.24. The summed E-state index contributed by atoms with van der Waals surface area (Å²) in [6.45, 7) is 2.41. The lowest BCUT2D eigenvalue weighted by Gasteiger charge is -2.20. The van der Waals surface area contributed by atoms with E-state index in [9.17, 15) is 9.90 Å². The van der Waals surface area contributed by atoms with E-state index in [1.54, 1.807) is 6.92 Å². The molecule has 2 unspecified atom stereocenters. The molecule has 1 aliphatic carbocycles. The number of hydrogen-bond acceptors (Lipinski definition) is 2. The lowest BCUT2D eigenvalue weighted by Crippen LogP contribution is -2.30. The molecule has 0 aromatic heterocycles. The van der Waals surface area contributed by atoms with Crippen molar-refractivity contribution in [2.75, 3.05) is 6.54 Å². The predicted octanol–water partition coefficient (Wildman–Crippen LogP) is 3.24. The van der Waals surface area contributed by atoms with Gasteiger partial charge in [0.2, 0.25) is 5.91 Å². The number of nitrogens with one attached hydrogen (secondary N) is 1. The van der Waals surface area contributed by atoms with Crippen LogP contribution in [0.25, 0.3) is 0 Å². The smallest absolute Gasteiger partial charge is 0.220 e. The van der Waals surface area contributed by atoms with Gasteiger partial charge >= 0.3 is 0 Å². The number of rotatable bonds is 7. The molecular weight excluding hydrogens is 262 g/mol. The Bertz CT molecular complexity index is 424. The largest absolute Gasteiger partial charge is 0.393 e. The highest BCUT2D eigenvalue weighted by Crippen LogP contribution is 2.27. The van der Waals surface area contributed by atoms with E-state index in [1.807, 2.05) is 18.2 Å². The molecule has 2 rings (SSSR count). The Morgan fingerprint density at radius 3 is 2.57 bits per heavy atom. The second-order valence-electron chi connectivity index (χ2n) is 6.35. The molecule has 2 N–H and O–H groups in total. The number of aliphatic hydroxyl groups excluding tert-OH is 1. The van der Waals surface area contributed by atoms with Gasteiger partial charge in [-0.05, 0) is 37.7 Å². The molecule has 0 bridgehead atoms. The molecule has 1 fully saturated rings. The summed E-state index contributed by atoms with van der Waals surface area (Å²) >= 11 is 0. The van der Waals surface area contributed by atoms with Gasteiger partial charge in [0.15, 0.2) is 0 Å². The maximum Gasteiger partial charge on any atom is 0.220 e. The van der Waals surface area contributed by atoms with Crippen LogP contribution in [0.3, 0.4) is 0 Å². The summed E-state index contributed by atoms with van der Waals surface area (Å²) < 4.78 is 0. The van der Waals surface area contributed by atoms with Crippen molar-refractivity contribution in [1.29, 1.82) is 0 Å². The van der Waals surface area contributed by atoms with Gasteiger partial charge in [-0.2, -0.15) is 0 Å². The van der Waals surface area contributed by atoms with Crippen molar-refractivity contribution >= 4 is 5.91 Å². The van der Waals surface area contributed by atoms with Gasteiger partial charge in [-0.1, -0.05) is 43.2 Å². The molecule has 1 aromatic carbocycles. The number of carbonyl (C=O) groups is 1. The molecule has 0 aliphatic heterocycles. The predicted molar refractivity (Wildman–Crippen MR) is 85.1 cm³/mol. The highest BCUT2D eigenvalue weighted by molar-refractivity contribution is 5.76. The lowest BCUT2D eigenvalue weighted by atomic mass is 9.93. The first-order chi connectivity index (χ1) is 10.1. The maximum atomic E-state index is 12.0. The van der Waals surface area contributed by atoms with Gasteiger partial charge in [0.25, 0.3) is 0 Å². The molecule has 21 heavy (non-hydrogen) atoms. The molecule has 116 valence electrons. The fourth-order valence-electron chi connectivity index (χ4n) is 3.26. The monoisotopic (exact) mass is 289 g/mol. The van der Waals surface area contributed by atoms with Crippen LogP contribution in [0.4, 0.5) is 0 Å². The van der Waals surface area contributed by atoms with Gasteiger partial charge in [-0.15, -0.1) is 0 Å². The molecule has 2 atom stereocenters. The Morgan fingerprint density at radius 1 is 1.29 bits per heavy atom. The van der Waals surface area contributed by atoms with E-state index in [-0.39, 0.29) is 17.9 Å². The minimum atomic E-state index is -0.359. The zero-order chi connectivity index (χ0) is 15.1. The number of benzene rings is 1. The zero-order valence-corrected chi connectivity index (χ0v) is 12.9. The summed E-state index contributed by atoms with van der Waals surface area (Å²) in [6, 6.07) is 10.1. The van der Waals surface area contributed by atoms with Gasteiger partial charge in [-0.3, -0.25) is 4.79 Å². The third kappa shape index (κ3) is 5.50. The van der Waals surface area contributed by atoms with Crippen molar-refractivity contribution in [3.63, 3.8) is 0 Å². The van der Waals surface area contributed by atoms with Crippen molar-refractivity contribution < 1.29 is 9.90 Å². The van der Waals surface area contributed by atoms with Crippen molar-refractivity contribution in [2.24, 2.45) is 5.92 Å². The Morgan fingerprint density at radius 2 is 1.95 bits per heavy atom. The van der Waals surface area contributed by atoms with E-state index in [1.165, 1.54) is 31.2 Å². The number of aliphatic hydroxyl groups is 1. The van der Waals surface area contributed by atoms with Crippen LogP contribution in [0.2, 0.25) is 0 Å². The molecule has 3 nitrogen and oxygen atoms in total. The molecule has 0 spiro atoms. The third-order valence-corrected chi connectivity index (χ3v) is 4.39. The second kappa shape index (κ2) is 8.18. The van der Waals surface area contributed by atoms with Crippen molar-refractivity contribution in [3.8, 4) is 0 Å². The van der Waals surface area contributed by atoms with E-state index in [2.05, 4.69) is 17.4 Å². The molecule has 1 saturated carbocycles. The van der Waals surface area contributed by atoms with Crippen LogP contribution in [-0.4, -0.2) is 23.7 Å². The molecule has 0 radical (unpaired) electrons. The molecule has 1 aliphatic rings. The standard InChI is InChI=1S/C18H27NO2/c1-14(20)11-17(16-9-3-2-4-10-16)13-19-18(21)12-15-7-5-6-8-15/h2-4,9-10,14-15,17,20H,5-8,11-13H2,1H3,(H,19,21). The third-order valence-electron chi connectivity index (χ3n) is 4.39. The van der Waals surface area contributed by atoms with Crippen LogP contribution >= 0.6 is 0 Å². The van der Waals surface area contributed by atoms with Crippen LogP contribution in [-0.2, 0) is 4.79 Å². The van der Waals surface area contributed by atoms with E-state index in [0.717, 1.165) is 0 Å². The van der Waals surface area contributed by atoms with Crippen LogP contribution in [0.1, 0.15) is 56.9 Å². The maximum absolute atomic E-state index is 12.0. The molecule has 0 heterocycles. The van der Waals surface area contributed by atoms with Crippen LogP contribution in [0, 0.1) is 5.92 Å². The molecular formula is C18H27NO2. The first kappa shape index (κ1) is 16.0. The molecule has 1 aromatic rings. The van der Waals surface area contributed by atoms with Crippen molar-refractivity contribution in [3.05, 3.63) is 35.9 Å². The minimum Gasteiger partial charge on any atom is -0.393 e. The fourth-order valence-corrected chi connectivity index (χ4v) is 3.26. The van der Waals surface area contributed by atoms with Gasteiger partial charge in [0, 0.05) is 18.9 Å². The van der Waals surface area contributed by atoms with Crippen LogP contribution < -0.4 is 5.32 Å². The Hall–Kier alpha value is -1.35. The van der Waals surface area contributed by atoms with E-state index in [4.69, 9.17) is 0 Å². The Labute approximate surface area is 127 Å². The summed E-state index contributed by atoms with van der Waals surface area (Å²) in [5.41, 5.74) is 1.18. The fraction of sp³-hybridized carbons (Fsp3) is 0.611. The van der Waals surface area contributed by atoms with E-state index < -0.39 is 0 Å². The number of amides is 1. The summed E-state index contributed by atoms with van der Waals surface area (Å²) in [7, 11) is 0.